The number of carbonyl (C=O) groups excluding carboxylic acids is 1. The smallest absolute Gasteiger partial charge is 0.302 e. The van der Waals surface area contributed by atoms with E-state index in [2.05, 4.69) is 6.92 Å². The first-order valence-corrected chi connectivity index (χ1v) is 8.49. The second kappa shape index (κ2) is 7.34. The van der Waals surface area contributed by atoms with Crippen molar-refractivity contribution in [2.24, 2.45) is 0 Å². The highest BCUT2D eigenvalue weighted by Crippen LogP contribution is 2.34. The van der Waals surface area contributed by atoms with Crippen molar-refractivity contribution < 1.29 is 9.35 Å². The molecule has 0 spiro atoms. The highest BCUT2D eigenvalue weighted by Gasteiger charge is 2.33. The minimum absolute atomic E-state index is 0.0241. The summed E-state index contributed by atoms with van der Waals surface area (Å²) in [6, 6.07) is 0. The molecule has 1 amide bonds. The normalized spacial score (nSPS) is 20.6. The third-order valence-electron chi connectivity index (χ3n) is 2.75. The van der Waals surface area contributed by atoms with Gasteiger partial charge in [0.15, 0.2) is 0 Å². The molecule has 98 valence electrons. The number of hydrogen-bond acceptors (Lipinski definition) is 3. The van der Waals surface area contributed by atoms with Crippen LogP contribution in [0.1, 0.15) is 33.6 Å². The van der Waals surface area contributed by atoms with Gasteiger partial charge >= 0.3 is 5.91 Å². The van der Waals surface area contributed by atoms with Gasteiger partial charge in [-0.15, -0.1) is 11.8 Å². The van der Waals surface area contributed by atoms with Crippen molar-refractivity contribution in [2.75, 3.05) is 24.6 Å². The van der Waals surface area contributed by atoms with E-state index in [4.69, 9.17) is 0 Å². The van der Waals surface area contributed by atoms with E-state index in [0.29, 0.717) is 23.7 Å². The van der Waals surface area contributed by atoms with Crippen molar-refractivity contribution in [3.8, 4) is 0 Å². The monoisotopic (exact) mass is 275 g/mol. The Labute approximate surface area is 111 Å². The second-order valence-electron chi connectivity index (χ2n) is 3.88. The summed E-state index contributed by atoms with van der Waals surface area (Å²) in [6.45, 7) is 7.37. The Kier molecular flexibility index (Phi) is 6.44. The molecule has 0 bridgehead atoms. The van der Waals surface area contributed by atoms with E-state index in [1.54, 1.807) is 16.7 Å². The van der Waals surface area contributed by atoms with E-state index in [9.17, 15) is 9.35 Å². The number of thioether (sulfide) groups is 1. The van der Waals surface area contributed by atoms with Crippen molar-refractivity contribution in [3.05, 3.63) is 9.81 Å². The maximum absolute atomic E-state index is 12.3. The standard InChI is InChI=1S/C12H21NO2S2/c1-4-7-10-11(17(15)9-8-16-10)12(14)13(5-2)6-3/h4-9H2,1-3H3. The van der Waals surface area contributed by atoms with E-state index in [0.717, 1.165) is 23.5 Å². The molecule has 0 aliphatic carbocycles. The van der Waals surface area contributed by atoms with Crippen LogP contribution < -0.4 is 0 Å². The SMILES string of the molecule is CCCC1=C(C(=O)N(CC)CC)[S+]([O-])CCS1. The maximum Gasteiger partial charge on any atom is 0.302 e. The van der Waals surface area contributed by atoms with Crippen LogP contribution in [0.2, 0.25) is 0 Å². The van der Waals surface area contributed by atoms with Crippen molar-refractivity contribution >= 4 is 28.8 Å². The molecular weight excluding hydrogens is 254 g/mol. The summed E-state index contributed by atoms with van der Waals surface area (Å²) in [4.78, 5) is 15.7. The van der Waals surface area contributed by atoms with Crippen LogP contribution in [-0.2, 0) is 16.0 Å². The van der Waals surface area contributed by atoms with Crippen LogP contribution in [-0.4, -0.2) is 40.0 Å². The number of carbonyl (C=O) groups is 1. The fraction of sp³-hybridized carbons (Fsp3) is 0.750. The van der Waals surface area contributed by atoms with Gasteiger partial charge in [-0.3, -0.25) is 4.79 Å². The summed E-state index contributed by atoms with van der Waals surface area (Å²) in [5.74, 6) is 1.46. The molecule has 1 heterocycles. The average molecular weight is 275 g/mol. The fourth-order valence-electron chi connectivity index (χ4n) is 1.82. The number of amides is 1. The number of hydrogen-bond donors (Lipinski definition) is 0. The summed E-state index contributed by atoms with van der Waals surface area (Å²) in [5, 5.41) is 0. The molecule has 0 fully saturated rings. The first-order chi connectivity index (χ1) is 8.15. The van der Waals surface area contributed by atoms with Gasteiger partial charge in [-0.05, 0) is 31.4 Å². The minimum atomic E-state index is -1.10. The summed E-state index contributed by atoms with van der Waals surface area (Å²) < 4.78 is 12.0. The van der Waals surface area contributed by atoms with Gasteiger partial charge < -0.3 is 9.45 Å². The van der Waals surface area contributed by atoms with Crippen molar-refractivity contribution in [2.45, 2.75) is 33.6 Å². The summed E-state index contributed by atoms with van der Waals surface area (Å²) in [6.07, 6.45) is 1.87. The summed E-state index contributed by atoms with van der Waals surface area (Å²) in [7, 11) is 0. The Balaban J connectivity index is 2.97. The van der Waals surface area contributed by atoms with Gasteiger partial charge in [0, 0.05) is 23.7 Å². The maximum atomic E-state index is 12.3. The van der Waals surface area contributed by atoms with Gasteiger partial charge in [0.05, 0.1) is 0 Å². The van der Waals surface area contributed by atoms with Crippen LogP contribution >= 0.6 is 11.8 Å². The van der Waals surface area contributed by atoms with Gasteiger partial charge in [-0.25, -0.2) is 0 Å². The lowest BCUT2D eigenvalue weighted by molar-refractivity contribution is -0.126. The van der Waals surface area contributed by atoms with Gasteiger partial charge in [-0.1, -0.05) is 13.3 Å². The molecule has 0 saturated carbocycles. The molecule has 3 nitrogen and oxygen atoms in total. The summed E-state index contributed by atoms with van der Waals surface area (Å²) in [5.41, 5.74) is 0. The van der Waals surface area contributed by atoms with Gasteiger partial charge in [0.2, 0.25) is 4.91 Å². The van der Waals surface area contributed by atoms with E-state index >= 15 is 0 Å². The highest BCUT2D eigenvalue weighted by molar-refractivity contribution is 8.07. The molecule has 1 unspecified atom stereocenters. The zero-order chi connectivity index (χ0) is 12.8. The number of nitrogens with zero attached hydrogens (tertiary/aromatic N) is 1. The van der Waals surface area contributed by atoms with Crippen LogP contribution in [0.5, 0.6) is 0 Å². The highest BCUT2D eigenvalue weighted by atomic mass is 32.2. The van der Waals surface area contributed by atoms with Crippen LogP contribution in [0, 0.1) is 0 Å². The van der Waals surface area contributed by atoms with E-state index in [1.807, 2.05) is 13.8 Å². The molecule has 1 atom stereocenters. The fourth-order valence-corrected chi connectivity index (χ4v) is 4.91. The molecule has 1 rings (SSSR count). The van der Waals surface area contributed by atoms with Crippen LogP contribution in [0.25, 0.3) is 0 Å². The van der Waals surface area contributed by atoms with Crippen LogP contribution in [0.3, 0.4) is 0 Å². The molecule has 0 radical (unpaired) electrons. The Morgan fingerprint density at radius 2 is 2.06 bits per heavy atom. The molecule has 0 N–H and O–H groups in total. The molecule has 1 aliphatic rings. The molecule has 0 aromatic heterocycles. The lowest BCUT2D eigenvalue weighted by atomic mass is 10.3. The Hall–Kier alpha value is -0.130. The zero-order valence-electron chi connectivity index (χ0n) is 10.8. The van der Waals surface area contributed by atoms with E-state index in [-0.39, 0.29) is 5.91 Å². The van der Waals surface area contributed by atoms with Gasteiger partial charge in [0.25, 0.3) is 0 Å². The third kappa shape index (κ3) is 3.66. The number of likely N-dealkylation sites (N-methyl/N-ethyl adjacent to an activating group) is 1. The second-order valence-corrected chi connectivity index (χ2v) is 6.58. The van der Waals surface area contributed by atoms with Gasteiger partial charge in [-0.2, -0.15) is 0 Å². The van der Waals surface area contributed by atoms with E-state index in [1.165, 1.54) is 0 Å². The Morgan fingerprint density at radius 1 is 1.41 bits per heavy atom. The topological polar surface area (TPSA) is 43.4 Å². The zero-order valence-corrected chi connectivity index (χ0v) is 12.5. The lowest BCUT2D eigenvalue weighted by Crippen LogP contribution is -2.36. The van der Waals surface area contributed by atoms with Crippen molar-refractivity contribution in [3.63, 3.8) is 0 Å². The minimum Gasteiger partial charge on any atom is -0.611 e. The van der Waals surface area contributed by atoms with Crippen molar-refractivity contribution in [1.82, 2.24) is 4.90 Å². The average Bonchev–Trinajstić information content (AvgIpc) is 2.31. The Bertz CT molecular complexity index is 301. The van der Waals surface area contributed by atoms with Crippen LogP contribution in [0.15, 0.2) is 9.81 Å². The quantitative estimate of drug-likeness (QED) is 0.723. The molecule has 5 heteroatoms. The lowest BCUT2D eigenvalue weighted by Gasteiger charge is -2.26. The first-order valence-electron chi connectivity index (χ1n) is 6.19. The molecule has 0 saturated heterocycles. The predicted octanol–water partition coefficient (Wildman–Crippen LogP) is 2.36. The predicted molar refractivity (Wildman–Crippen MR) is 75.3 cm³/mol. The molecule has 17 heavy (non-hydrogen) atoms. The van der Waals surface area contributed by atoms with Crippen LogP contribution in [0.4, 0.5) is 0 Å². The summed E-state index contributed by atoms with van der Waals surface area (Å²) >= 11 is 0.610. The molecular formula is C12H21NO2S2. The first kappa shape index (κ1) is 14.9. The largest absolute Gasteiger partial charge is 0.611 e. The Morgan fingerprint density at radius 3 is 2.59 bits per heavy atom. The number of rotatable bonds is 5. The number of allylic oxidation sites excluding steroid dienone is 1. The van der Waals surface area contributed by atoms with Crippen molar-refractivity contribution in [1.29, 1.82) is 0 Å². The third-order valence-corrected chi connectivity index (χ3v) is 5.75. The van der Waals surface area contributed by atoms with Gasteiger partial charge in [0.1, 0.15) is 5.75 Å². The molecule has 0 aromatic carbocycles. The van der Waals surface area contributed by atoms with E-state index < -0.39 is 11.2 Å². The molecule has 0 aromatic rings. The molecule has 1 aliphatic heterocycles.